The molecule has 5 aromatic rings. The first-order valence-corrected chi connectivity index (χ1v) is 14.5. The van der Waals surface area contributed by atoms with Crippen LogP contribution in [0.15, 0.2) is 79.4 Å². The maximum Gasteiger partial charge on any atom is 0.143 e. The molecule has 40 heavy (non-hydrogen) atoms. The zero-order valence-corrected chi connectivity index (χ0v) is 23.8. The molecule has 0 amide bonds. The van der Waals surface area contributed by atoms with Crippen molar-refractivity contribution in [3.63, 3.8) is 0 Å². The van der Waals surface area contributed by atoms with E-state index in [2.05, 4.69) is 101 Å². The number of aryl methyl sites for hydroxylation is 1. The smallest absolute Gasteiger partial charge is 0.143 e. The van der Waals surface area contributed by atoms with Gasteiger partial charge in [0, 0.05) is 34.7 Å². The molecule has 1 fully saturated rings. The summed E-state index contributed by atoms with van der Waals surface area (Å²) in [4.78, 5) is 13.7. The molecule has 0 saturated heterocycles. The normalized spacial score (nSPS) is 17.6. The number of anilines is 1. The van der Waals surface area contributed by atoms with Crippen molar-refractivity contribution in [2.45, 2.75) is 77.7 Å². The number of hydrogen-bond donors (Lipinski definition) is 1. The van der Waals surface area contributed by atoms with E-state index < -0.39 is 0 Å². The van der Waals surface area contributed by atoms with Gasteiger partial charge in [0.15, 0.2) is 0 Å². The van der Waals surface area contributed by atoms with E-state index in [0.29, 0.717) is 25.2 Å². The van der Waals surface area contributed by atoms with Crippen LogP contribution in [0.4, 0.5) is 5.82 Å². The first kappa shape index (κ1) is 26.5. The Morgan fingerprint density at radius 2 is 1.82 bits per heavy atom. The van der Waals surface area contributed by atoms with Gasteiger partial charge in [-0.1, -0.05) is 30.3 Å². The van der Waals surface area contributed by atoms with Gasteiger partial charge in [-0.3, -0.25) is 0 Å². The van der Waals surface area contributed by atoms with Crippen LogP contribution in [0.1, 0.15) is 69.2 Å². The summed E-state index contributed by atoms with van der Waals surface area (Å²) in [6, 6.07) is 21.9. The second-order valence-corrected chi connectivity index (χ2v) is 12.3. The number of nitrogens with one attached hydrogen (secondary N) is 1. The fourth-order valence-electron chi connectivity index (χ4n) is 6.05. The van der Waals surface area contributed by atoms with Crippen molar-refractivity contribution in [2.75, 3.05) is 5.32 Å². The second kappa shape index (κ2) is 11.4. The summed E-state index contributed by atoms with van der Waals surface area (Å²) in [5.41, 5.74) is 5.87. The van der Waals surface area contributed by atoms with Gasteiger partial charge in [-0.15, -0.1) is 0 Å². The molecule has 3 heterocycles. The third-order valence-electron chi connectivity index (χ3n) is 7.99. The van der Waals surface area contributed by atoms with Crippen LogP contribution in [0.3, 0.4) is 0 Å². The Morgan fingerprint density at radius 3 is 2.67 bits per heavy atom. The molecule has 6 heteroatoms. The molecule has 3 aromatic heterocycles. The number of pyridine rings is 1. The van der Waals surface area contributed by atoms with Crippen LogP contribution >= 0.6 is 0 Å². The van der Waals surface area contributed by atoms with E-state index in [1.54, 1.807) is 6.33 Å². The summed E-state index contributed by atoms with van der Waals surface area (Å²) in [5.74, 6) is 1.61. The molecule has 0 aliphatic heterocycles. The van der Waals surface area contributed by atoms with Crippen LogP contribution in [0.2, 0.25) is 0 Å². The number of fused-ring (bicyclic) bond motifs is 2. The summed E-state index contributed by atoms with van der Waals surface area (Å²) in [6.45, 7) is 7.70. The van der Waals surface area contributed by atoms with Crippen LogP contribution in [-0.2, 0) is 24.4 Å². The highest BCUT2D eigenvalue weighted by molar-refractivity contribution is 5.82. The summed E-state index contributed by atoms with van der Waals surface area (Å²) in [5, 5.41) is 5.80. The van der Waals surface area contributed by atoms with Crippen molar-refractivity contribution in [1.29, 1.82) is 0 Å². The number of nitrogens with zero attached hydrogens (tertiary/aromatic N) is 4. The number of rotatable bonds is 9. The van der Waals surface area contributed by atoms with Gasteiger partial charge in [0.2, 0.25) is 0 Å². The lowest BCUT2D eigenvalue weighted by molar-refractivity contribution is 0.106. The first-order chi connectivity index (χ1) is 19.4. The van der Waals surface area contributed by atoms with Crippen LogP contribution in [0.5, 0.6) is 0 Å². The van der Waals surface area contributed by atoms with Crippen LogP contribution < -0.4 is 5.32 Å². The lowest BCUT2D eigenvalue weighted by atomic mass is 9.94. The molecule has 6 nitrogen and oxygen atoms in total. The Kier molecular flexibility index (Phi) is 7.53. The average Bonchev–Trinajstić information content (AvgIpc) is 3.59. The maximum absolute atomic E-state index is 6.22. The monoisotopic (exact) mass is 533 g/mol. The van der Waals surface area contributed by atoms with Crippen molar-refractivity contribution in [3.05, 3.63) is 96.1 Å². The predicted molar refractivity (Wildman–Crippen MR) is 162 cm³/mol. The zero-order valence-electron chi connectivity index (χ0n) is 23.8. The molecule has 1 saturated carbocycles. The summed E-state index contributed by atoms with van der Waals surface area (Å²) < 4.78 is 8.58. The molecule has 2 aromatic carbocycles. The van der Waals surface area contributed by atoms with E-state index in [1.165, 1.54) is 42.4 Å². The van der Waals surface area contributed by atoms with Gasteiger partial charge < -0.3 is 14.6 Å². The Bertz CT molecular complexity index is 1590. The summed E-state index contributed by atoms with van der Waals surface area (Å²) >= 11 is 0. The van der Waals surface area contributed by atoms with Crippen LogP contribution in [0.25, 0.3) is 21.9 Å². The Hall–Kier alpha value is -3.77. The largest absolute Gasteiger partial charge is 0.372 e. The quantitative estimate of drug-likeness (QED) is 0.209. The second-order valence-electron chi connectivity index (χ2n) is 12.3. The first-order valence-electron chi connectivity index (χ1n) is 14.5. The van der Waals surface area contributed by atoms with Crippen LogP contribution in [0, 0.1) is 5.92 Å². The lowest BCUT2D eigenvalue weighted by Gasteiger charge is -2.21. The minimum atomic E-state index is -0.0369. The molecular weight excluding hydrogens is 494 g/mol. The highest BCUT2D eigenvalue weighted by Crippen LogP contribution is 2.39. The Balaban J connectivity index is 1.19. The van der Waals surface area contributed by atoms with Gasteiger partial charge in [-0.05, 0) is 106 Å². The van der Waals surface area contributed by atoms with E-state index >= 15 is 0 Å². The minimum Gasteiger partial charge on any atom is -0.372 e. The van der Waals surface area contributed by atoms with Crippen LogP contribution in [-0.4, -0.2) is 25.1 Å². The number of ether oxygens (including phenoxy) is 1. The SMILES string of the molecule is CC(C)(C)Nc1ccc2cc(COCc3ccccc3)c(CCC3CCC(n4ccc5cncnc54)C3)cc2n1. The number of aromatic nitrogens is 4. The Morgan fingerprint density at radius 1 is 0.950 bits per heavy atom. The summed E-state index contributed by atoms with van der Waals surface area (Å²) in [7, 11) is 0. The van der Waals surface area contributed by atoms with Gasteiger partial charge in [-0.2, -0.15) is 0 Å². The molecule has 1 aliphatic carbocycles. The average molecular weight is 534 g/mol. The lowest BCUT2D eigenvalue weighted by Crippen LogP contribution is -2.26. The van der Waals surface area contributed by atoms with Crippen molar-refractivity contribution >= 4 is 27.8 Å². The predicted octanol–water partition coefficient (Wildman–Crippen LogP) is 7.88. The van der Waals surface area contributed by atoms with Crippen molar-refractivity contribution in [3.8, 4) is 0 Å². The summed E-state index contributed by atoms with van der Waals surface area (Å²) in [6.07, 6.45) is 11.6. The molecule has 0 radical (unpaired) electrons. The molecule has 0 bridgehead atoms. The Labute approximate surface area is 236 Å². The molecule has 1 aliphatic rings. The molecule has 6 rings (SSSR count). The van der Waals surface area contributed by atoms with Gasteiger partial charge >= 0.3 is 0 Å². The number of hydrogen-bond acceptors (Lipinski definition) is 5. The highest BCUT2D eigenvalue weighted by atomic mass is 16.5. The van der Waals surface area contributed by atoms with E-state index in [1.807, 2.05) is 12.3 Å². The van der Waals surface area contributed by atoms with Crippen molar-refractivity contribution in [2.24, 2.45) is 5.92 Å². The molecule has 1 N–H and O–H groups in total. The van der Waals surface area contributed by atoms with E-state index in [-0.39, 0.29) is 5.54 Å². The fraction of sp³-hybridized carbons (Fsp3) is 0.382. The van der Waals surface area contributed by atoms with Crippen molar-refractivity contribution < 1.29 is 4.74 Å². The minimum absolute atomic E-state index is 0.0369. The van der Waals surface area contributed by atoms with Gasteiger partial charge in [-0.25, -0.2) is 15.0 Å². The maximum atomic E-state index is 6.22. The van der Waals surface area contributed by atoms with Gasteiger partial charge in [0.1, 0.15) is 17.8 Å². The van der Waals surface area contributed by atoms with E-state index in [4.69, 9.17) is 9.72 Å². The van der Waals surface area contributed by atoms with Gasteiger partial charge in [0.25, 0.3) is 0 Å². The van der Waals surface area contributed by atoms with E-state index in [9.17, 15) is 0 Å². The van der Waals surface area contributed by atoms with Crippen molar-refractivity contribution in [1.82, 2.24) is 19.5 Å². The molecular formula is C34H39N5O. The number of benzene rings is 2. The molecule has 0 spiro atoms. The van der Waals surface area contributed by atoms with Gasteiger partial charge in [0.05, 0.1) is 18.7 Å². The molecule has 206 valence electrons. The highest BCUT2D eigenvalue weighted by Gasteiger charge is 2.27. The molecule has 2 unspecified atom stereocenters. The van der Waals surface area contributed by atoms with E-state index in [0.717, 1.165) is 34.2 Å². The molecule has 2 atom stereocenters. The third kappa shape index (κ3) is 6.18. The topological polar surface area (TPSA) is 64.9 Å². The fourth-order valence-corrected chi connectivity index (χ4v) is 6.05. The standard InChI is InChI=1S/C34H39N5O/c1-34(2,3)38-32-14-12-27-18-29(22-40-21-25-7-5-4-6-8-25)26(19-31(27)37-32)11-9-24-10-13-30(17-24)39-16-15-28-20-35-23-36-33(28)39/h4-8,12,14-16,18-20,23-24,30H,9-11,13,17,21-22H2,1-3H3,(H,37,38). The zero-order chi connectivity index (χ0) is 27.5. The third-order valence-corrected chi connectivity index (χ3v) is 7.99.